The van der Waals surface area contributed by atoms with Gasteiger partial charge in [-0.1, -0.05) is 0 Å². The van der Waals surface area contributed by atoms with Gasteiger partial charge in [0.15, 0.2) is 0 Å². The van der Waals surface area contributed by atoms with Crippen LogP contribution in [0.15, 0.2) is 21.0 Å². The molecule has 2 heteroatoms. The van der Waals surface area contributed by atoms with E-state index in [0.29, 0.717) is 0 Å². The van der Waals surface area contributed by atoms with Crippen molar-refractivity contribution >= 4 is 38.1 Å². The molecule has 0 aromatic carbocycles. The zero-order chi connectivity index (χ0) is 5.11. The van der Waals surface area contributed by atoms with E-state index in [1.54, 1.807) is 0 Å². The molecule has 1 aliphatic rings. The van der Waals surface area contributed by atoms with Crippen LogP contribution < -0.4 is 0 Å². The van der Waals surface area contributed by atoms with Crippen LogP contribution >= 0.6 is 11.6 Å². The zero-order valence-corrected chi connectivity index (χ0v) is 7.87. The molecule has 0 unspecified atom stereocenters. The molecule has 0 bridgehead atoms. The molecule has 0 atom stereocenters. The summed E-state index contributed by atoms with van der Waals surface area (Å²) < 4.78 is 4.42. The fourth-order valence-electron chi connectivity index (χ4n) is 0.334. The molecule has 0 amide bonds. The molecule has 1 heterocycles. The monoisotopic (exact) mass is 308 g/mol. The van der Waals surface area contributed by atoms with Gasteiger partial charge in [-0.05, 0) is 0 Å². The van der Waals surface area contributed by atoms with Gasteiger partial charge in [0, 0.05) is 0 Å². The standard InChI is InChI=1S/C5H4Cl.Bi/c1-3-5(6)4-2;/h1-4H;. The van der Waals surface area contributed by atoms with E-state index < -0.39 is 0 Å². The molecule has 0 radical (unpaired) electrons. The van der Waals surface area contributed by atoms with Crippen molar-refractivity contribution in [3.63, 3.8) is 0 Å². The molecule has 0 spiro atoms. The number of allylic oxidation sites excluding steroid dienone is 3. The van der Waals surface area contributed by atoms with Gasteiger partial charge in [0.1, 0.15) is 0 Å². The summed E-state index contributed by atoms with van der Waals surface area (Å²) in [6.07, 6.45) is 3.97. The Morgan fingerprint density at radius 3 is 2.71 bits per heavy atom. The van der Waals surface area contributed by atoms with Gasteiger partial charge in [-0.3, -0.25) is 0 Å². The van der Waals surface area contributed by atoms with Gasteiger partial charge in [0.05, 0.1) is 0 Å². The Hall–Kier alpha value is 0.523. The quantitative estimate of drug-likeness (QED) is 0.589. The maximum atomic E-state index is 5.59. The van der Waals surface area contributed by atoms with E-state index in [-0.39, 0.29) is 22.8 Å². The van der Waals surface area contributed by atoms with Crippen LogP contribution in [0, 0.1) is 0 Å². The van der Waals surface area contributed by atoms with Gasteiger partial charge in [0.2, 0.25) is 0 Å². The van der Waals surface area contributed by atoms with Gasteiger partial charge in [0.25, 0.3) is 0 Å². The van der Waals surface area contributed by atoms with Crippen molar-refractivity contribution in [1.82, 2.24) is 0 Å². The van der Waals surface area contributed by atoms with E-state index in [4.69, 9.17) is 11.6 Å². The summed E-state index contributed by atoms with van der Waals surface area (Å²) in [6, 6.07) is 0. The summed E-state index contributed by atoms with van der Waals surface area (Å²) in [5.41, 5.74) is 0. The van der Waals surface area contributed by atoms with Crippen LogP contribution in [0.2, 0.25) is 0 Å². The van der Waals surface area contributed by atoms with Gasteiger partial charge >= 0.3 is 59.0 Å². The summed E-state index contributed by atoms with van der Waals surface area (Å²) in [6.45, 7) is 0. The van der Waals surface area contributed by atoms with Crippen molar-refractivity contribution in [1.29, 1.82) is 0 Å². The third-order valence-corrected chi connectivity index (χ3v) is 3.39. The molecule has 1 aliphatic heterocycles. The molecule has 36 valence electrons. The second-order valence-electron chi connectivity index (χ2n) is 1.17. The van der Waals surface area contributed by atoms with Crippen LogP contribution in [0.25, 0.3) is 0 Å². The van der Waals surface area contributed by atoms with Crippen LogP contribution in [0.5, 0.6) is 0 Å². The third kappa shape index (κ3) is 1.84. The number of rotatable bonds is 0. The molecule has 0 nitrogen and oxygen atoms in total. The first kappa shape index (κ1) is 5.66. The molecular formula is C5H4BiCl. The number of hydrogen-bond donors (Lipinski definition) is 0. The third-order valence-electron chi connectivity index (χ3n) is 0.640. The van der Waals surface area contributed by atoms with Gasteiger partial charge in [-0.2, -0.15) is 0 Å². The van der Waals surface area contributed by atoms with Crippen molar-refractivity contribution < 1.29 is 0 Å². The maximum absolute atomic E-state index is 5.59. The molecule has 0 aromatic heterocycles. The van der Waals surface area contributed by atoms with Gasteiger partial charge in [-0.15, -0.1) is 0 Å². The number of hydrogen-bond acceptors (Lipinski definition) is 0. The normalized spacial score (nSPS) is 17.0. The SMILES string of the molecule is ClC1=C[CH]=[Bi][CH]=C1. The first-order chi connectivity index (χ1) is 3.39. The Kier molecular flexibility index (Phi) is 2.21. The van der Waals surface area contributed by atoms with Crippen LogP contribution in [0.4, 0.5) is 0 Å². The Morgan fingerprint density at radius 1 is 1.57 bits per heavy atom. The Morgan fingerprint density at radius 2 is 2.43 bits per heavy atom. The van der Waals surface area contributed by atoms with Crippen molar-refractivity contribution in [3.8, 4) is 0 Å². The van der Waals surface area contributed by atoms with Crippen LogP contribution in [0.3, 0.4) is 0 Å². The average Bonchev–Trinajstić information content (AvgIpc) is 1.69. The first-order valence-corrected chi connectivity index (χ1v) is 6.34. The van der Waals surface area contributed by atoms with E-state index in [2.05, 4.69) is 7.49 Å². The molecule has 7 heavy (non-hydrogen) atoms. The van der Waals surface area contributed by atoms with Crippen molar-refractivity contribution in [2.24, 2.45) is 0 Å². The zero-order valence-electron chi connectivity index (χ0n) is 3.63. The summed E-state index contributed by atoms with van der Waals surface area (Å²) in [5.74, 6) is 0. The van der Waals surface area contributed by atoms with Gasteiger partial charge in [-0.25, -0.2) is 0 Å². The average molecular weight is 309 g/mol. The predicted octanol–water partition coefficient (Wildman–Crippen LogP) is 1.14. The van der Waals surface area contributed by atoms with Crippen molar-refractivity contribution in [2.45, 2.75) is 0 Å². The number of halogens is 1. The predicted molar refractivity (Wildman–Crippen MR) is 34.9 cm³/mol. The summed E-state index contributed by atoms with van der Waals surface area (Å²) in [5, 5.41) is 0.870. The second-order valence-corrected chi connectivity index (χ2v) is 5.08. The van der Waals surface area contributed by atoms with E-state index in [0.717, 1.165) is 5.03 Å². The summed E-state index contributed by atoms with van der Waals surface area (Å²) >= 11 is 5.29. The minimum atomic E-state index is -0.294. The van der Waals surface area contributed by atoms with E-state index in [9.17, 15) is 0 Å². The van der Waals surface area contributed by atoms with Gasteiger partial charge < -0.3 is 0 Å². The summed E-state index contributed by atoms with van der Waals surface area (Å²) in [4.78, 5) is 0. The van der Waals surface area contributed by atoms with Crippen molar-refractivity contribution in [2.75, 3.05) is 0 Å². The summed E-state index contributed by atoms with van der Waals surface area (Å²) in [7, 11) is 0. The fraction of sp³-hybridized carbons (Fsp3) is 0. The molecule has 0 aromatic rings. The Balaban J connectivity index is 2.82. The molecule has 0 saturated carbocycles. The van der Waals surface area contributed by atoms with Crippen LogP contribution in [-0.2, 0) is 0 Å². The molecule has 0 saturated heterocycles. The molecule has 0 aliphatic carbocycles. The second kappa shape index (κ2) is 2.74. The first-order valence-electron chi connectivity index (χ1n) is 1.95. The van der Waals surface area contributed by atoms with E-state index in [1.807, 2.05) is 12.2 Å². The van der Waals surface area contributed by atoms with Crippen LogP contribution in [0.1, 0.15) is 0 Å². The van der Waals surface area contributed by atoms with Crippen molar-refractivity contribution in [3.05, 3.63) is 21.0 Å². The molecule has 0 N–H and O–H groups in total. The fourth-order valence-corrected chi connectivity index (χ4v) is 3.49. The van der Waals surface area contributed by atoms with Crippen LogP contribution in [-0.4, -0.2) is 26.5 Å². The topological polar surface area (TPSA) is 0 Å². The minimum absolute atomic E-state index is 0.294. The molecular weight excluding hydrogens is 304 g/mol. The Labute approximate surface area is 58.9 Å². The van der Waals surface area contributed by atoms with E-state index in [1.165, 1.54) is 0 Å². The molecule has 0 fully saturated rings. The van der Waals surface area contributed by atoms with E-state index >= 15 is 0 Å². The molecule has 1 rings (SSSR count). The Bertz CT molecular complexity index is 144.